The van der Waals surface area contributed by atoms with Crippen molar-refractivity contribution < 1.29 is 0 Å². The Labute approximate surface area is 210 Å². The maximum atomic E-state index is 5.56. The molecule has 178 valence electrons. The molecule has 31 heavy (non-hydrogen) atoms. The molecule has 0 amide bonds. The third-order valence-electron chi connectivity index (χ3n) is 6.22. The molecule has 0 spiro atoms. The Morgan fingerprint density at radius 1 is 0.742 bits per heavy atom. The van der Waals surface area contributed by atoms with Crippen molar-refractivity contribution in [3.63, 3.8) is 0 Å². The molecular formula is C27H46NS3-. The summed E-state index contributed by atoms with van der Waals surface area (Å²) in [5, 5.41) is 0. The van der Waals surface area contributed by atoms with Gasteiger partial charge in [-0.05, 0) is 42.9 Å². The largest absolute Gasteiger partial charge is 0.659 e. The van der Waals surface area contributed by atoms with Crippen molar-refractivity contribution in [2.24, 2.45) is 0 Å². The van der Waals surface area contributed by atoms with Crippen LogP contribution in [0.2, 0.25) is 0 Å². The highest BCUT2D eigenvalue weighted by molar-refractivity contribution is 8.12. The fourth-order valence-electron chi connectivity index (χ4n) is 4.32. The lowest BCUT2D eigenvalue weighted by Crippen LogP contribution is -2.19. The summed E-state index contributed by atoms with van der Waals surface area (Å²) in [6, 6.07) is 6.56. The molecule has 0 aliphatic heterocycles. The maximum Gasteiger partial charge on any atom is 0.115 e. The SMILES string of the molecule is CCCCCCCCCCc1cccc(N([S-])C(=S)S)c1CCCCCCCCCC. The number of thiol groups is 1. The van der Waals surface area contributed by atoms with Crippen LogP contribution in [0.5, 0.6) is 0 Å². The van der Waals surface area contributed by atoms with Gasteiger partial charge in [0.25, 0.3) is 0 Å². The summed E-state index contributed by atoms with van der Waals surface area (Å²) >= 11 is 15.2. The average Bonchev–Trinajstić information content (AvgIpc) is 2.77. The molecule has 0 saturated carbocycles. The summed E-state index contributed by atoms with van der Waals surface area (Å²) in [6.45, 7) is 4.56. The molecule has 0 heterocycles. The number of unbranched alkanes of at least 4 members (excludes halogenated alkanes) is 14. The van der Waals surface area contributed by atoms with Crippen molar-refractivity contribution >= 4 is 47.7 Å². The predicted molar refractivity (Wildman–Crippen MR) is 150 cm³/mol. The van der Waals surface area contributed by atoms with Gasteiger partial charge < -0.3 is 17.1 Å². The third-order valence-corrected chi connectivity index (χ3v) is 7.23. The van der Waals surface area contributed by atoms with E-state index in [1.807, 2.05) is 0 Å². The topological polar surface area (TPSA) is 3.24 Å². The minimum Gasteiger partial charge on any atom is -0.659 e. The highest BCUT2D eigenvalue weighted by Crippen LogP contribution is 2.28. The van der Waals surface area contributed by atoms with Gasteiger partial charge in [-0.15, -0.1) is 12.6 Å². The van der Waals surface area contributed by atoms with E-state index in [0.717, 1.165) is 18.5 Å². The zero-order chi connectivity index (χ0) is 22.7. The van der Waals surface area contributed by atoms with Gasteiger partial charge in [0.15, 0.2) is 0 Å². The van der Waals surface area contributed by atoms with Gasteiger partial charge in [-0.25, -0.2) is 0 Å². The van der Waals surface area contributed by atoms with E-state index in [1.54, 1.807) is 4.31 Å². The Morgan fingerprint density at radius 2 is 1.19 bits per heavy atom. The lowest BCUT2D eigenvalue weighted by atomic mass is 9.94. The average molecular weight is 481 g/mol. The second-order valence-corrected chi connectivity index (χ2v) is 10.4. The zero-order valence-corrected chi connectivity index (χ0v) is 22.7. The van der Waals surface area contributed by atoms with Crippen LogP contribution in [0.1, 0.15) is 128 Å². The Kier molecular flexibility index (Phi) is 18.0. The van der Waals surface area contributed by atoms with Crippen LogP contribution in [-0.4, -0.2) is 4.32 Å². The first-order valence-electron chi connectivity index (χ1n) is 12.9. The molecule has 0 fully saturated rings. The first kappa shape index (κ1) is 28.8. The van der Waals surface area contributed by atoms with Gasteiger partial charge in [-0.1, -0.05) is 128 Å². The highest BCUT2D eigenvalue weighted by Gasteiger charge is 2.10. The van der Waals surface area contributed by atoms with Crippen molar-refractivity contribution in [2.45, 2.75) is 129 Å². The van der Waals surface area contributed by atoms with E-state index in [4.69, 9.17) is 25.0 Å². The van der Waals surface area contributed by atoms with Gasteiger partial charge in [0, 0.05) is 5.69 Å². The molecule has 4 heteroatoms. The van der Waals surface area contributed by atoms with Crippen LogP contribution in [0.4, 0.5) is 5.69 Å². The first-order valence-corrected chi connectivity index (χ1v) is 14.1. The molecule has 1 aromatic carbocycles. The zero-order valence-electron chi connectivity index (χ0n) is 20.2. The number of nitrogens with zero attached hydrogens (tertiary/aromatic N) is 1. The molecule has 0 N–H and O–H groups in total. The van der Waals surface area contributed by atoms with Gasteiger partial charge in [-0.3, -0.25) is 0 Å². The van der Waals surface area contributed by atoms with Crippen LogP contribution in [0.25, 0.3) is 0 Å². The summed E-state index contributed by atoms with van der Waals surface area (Å²) in [5.41, 5.74) is 3.95. The van der Waals surface area contributed by atoms with E-state index >= 15 is 0 Å². The summed E-state index contributed by atoms with van der Waals surface area (Å²) in [6.07, 6.45) is 23.9. The van der Waals surface area contributed by atoms with Gasteiger partial charge in [-0.2, -0.15) is 0 Å². The summed E-state index contributed by atoms with van der Waals surface area (Å²) in [7, 11) is 0. The van der Waals surface area contributed by atoms with E-state index < -0.39 is 0 Å². The molecule has 0 aliphatic carbocycles. The smallest absolute Gasteiger partial charge is 0.115 e. The summed E-state index contributed by atoms with van der Waals surface area (Å²) in [4.78, 5) is 0. The van der Waals surface area contributed by atoms with Crippen LogP contribution in [0.15, 0.2) is 18.2 Å². The van der Waals surface area contributed by atoms with Crippen LogP contribution in [0.3, 0.4) is 0 Å². The Bertz CT molecular complexity index is 588. The molecule has 0 aliphatic rings. The number of hydrogen-bond acceptors (Lipinski definition) is 2. The molecule has 1 aromatic rings. The van der Waals surface area contributed by atoms with Crippen molar-refractivity contribution in [3.8, 4) is 0 Å². The third kappa shape index (κ3) is 13.2. The molecule has 0 bridgehead atoms. The van der Waals surface area contributed by atoms with Crippen LogP contribution >= 0.6 is 24.8 Å². The Balaban J connectivity index is 2.54. The lowest BCUT2D eigenvalue weighted by Gasteiger charge is -2.33. The second-order valence-electron chi connectivity index (χ2n) is 8.94. The van der Waals surface area contributed by atoms with Crippen molar-refractivity contribution in [3.05, 3.63) is 29.3 Å². The van der Waals surface area contributed by atoms with E-state index in [-0.39, 0.29) is 0 Å². The second kappa shape index (κ2) is 19.3. The minimum absolute atomic E-state index is 0.469. The number of hydrogen-bond donors (Lipinski definition) is 1. The maximum absolute atomic E-state index is 5.56. The van der Waals surface area contributed by atoms with Crippen molar-refractivity contribution in [1.82, 2.24) is 0 Å². The highest BCUT2D eigenvalue weighted by atomic mass is 32.1. The van der Waals surface area contributed by atoms with Gasteiger partial charge in [0.1, 0.15) is 4.32 Å². The summed E-state index contributed by atoms with van der Waals surface area (Å²) < 4.78 is 2.13. The molecule has 1 rings (SSSR count). The number of thiocarbonyl (C=S) groups is 1. The lowest BCUT2D eigenvalue weighted by molar-refractivity contribution is 0.571. The fourth-order valence-corrected chi connectivity index (χ4v) is 4.70. The monoisotopic (exact) mass is 480 g/mol. The van der Waals surface area contributed by atoms with Crippen LogP contribution in [-0.2, 0) is 25.7 Å². The number of benzene rings is 1. The Hall–Kier alpha value is -0.190. The number of aryl methyl sites for hydroxylation is 1. The first-order chi connectivity index (χ1) is 15.1. The molecule has 0 aromatic heterocycles. The standard InChI is InChI=1S/C27H46NS3/c1-3-5-7-9-11-13-15-17-20-24-21-19-23-26(28(31)27(29)30)25(24)22-18-16-14-12-10-8-6-4-2/h19,21,23H,3-18,20,22H2,1-2H3,(H,29,30)/q-1. The minimum atomic E-state index is 0.469. The van der Waals surface area contributed by atoms with E-state index in [2.05, 4.69) is 44.7 Å². The molecule has 0 unspecified atom stereocenters. The Morgan fingerprint density at radius 3 is 1.68 bits per heavy atom. The van der Waals surface area contributed by atoms with Crippen molar-refractivity contribution in [1.29, 1.82) is 0 Å². The molecule has 1 nitrogen and oxygen atoms in total. The van der Waals surface area contributed by atoms with E-state index in [9.17, 15) is 0 Å². The van der Waals surface area contributed by atoms with Gasteiger partial charge in [0.05, 0.1) is 0 Å². The normalized spacial score (nSPS) is 11.1. The fraction of sp³-hybridized carbons (Fsp3) is 0.741. The predicted octanol–water partition coefficient (Wildman–Crippen LogP) is 9.54. The summed E-state index contributed by atoms with van der Waals surface area (Å²) in [5.74, 6) is 0. The van der Waals surface area contributed by atoms with Crippen LogP contribution in [0, 0.1) is 0 Å². The van der Waals surface area contributed by atoms with Gasteiger partial charge in [0.2, 0.25) is 0 Å². The van der Waals surface area contributed by atoms with Crippen LogP contribution < -0.4 is 4.31 Å². The van der Waals surface area contributed by atoms with Gasteiger partial charge >= 0.3 is 0 Å². The number of anilines is 1. The quantitative estimate of drug-likeness (QED) is 0.0909. The molecular weight excluding hydrogens is 435 g/mol. The molecule has 0 saturated heterocycles. The molecule has 0 atom stereocenters. The van der Waals surface area contributed by atoms with E-state index in [1.165, 1.54) is 114 Å². The number of rotatable bonds is 19. The van der Waals surface area contributed by atoms with Crippen molar-refractivity contribution in [2.75, 3.05) is 4.31 Å². The molecule has 0 radical (unpaired) electrons. The van der Waals surface area contributed by atoms with E-state index in [0.29, 0.717) is 4.32 Å².